The van der Waals surface area contributed by atoms with Gasteiger partial charge in [-0.25, -0.2) is 0 Å². The van der Waals surface area contributed by atoms with E-state index in [4.69, 9.17) is 0 Å². The number of benzene rings is 2. The van der Waals surface area contributed by atoms with Crippen molar-refractivity contribution in [2.45, 2.75) is 51.9 Å². The van der Waals surface area contributed by atoms with Gasteiger partial charge in [0.15, 0.2) is 0 Å². The van der Waals surface area contributed by atoms with E-state index in [1.54, 1.807) is 0 Å². The lowest BCUT2D eigenvalue weighted by Gasteiger charge is -2.26. The molecule has 0 saturated heterocycles. The molecule has 4 rings (SSSR count). The molecule has 0 aliphatic carbocycles. The summed E-state index contributed by atoms with van der Waals surface area (Å²) in [5, 5.41) is 2.43. The second kappa shape index (κ2) is 6.70. The van der Waals surface area contributed by atoms with Crippen molar-refractivity contribution in [3.8, 4) is 0 Å². The lowest BCUT2D eigenvalue weighted by atomic mass is 9.78. The average Bonchev–Trinajstić information content (AvgIpc) is 2.66. The zero-order valence-corrected chi connectivity index (χ0v) is 17.5. The van der Waals surface area contributed by atoms with Crippen molar-refractivity contribution < 1.29 is 0 Å². The minimum absolute atomic E-state index is 0.0345. The Morgan fingerprint density at radius 2 is 1.43 bits per heavy atom. The summed E-state index contributed by atoms with van der Waals surface area (Å²) in [6.07, 6.45) is 4.84. The number of rotatable bonds is 3. The number of fused-ring (bicyclic) bond motifs is 2. The summed E-state index contributed by atoms with van der Waals surface area (Å²) >= 11 is 0. The highest BCUT2D eigenvalue weighted by molar-refractivity contribution is 5.80. The van der Waals surface area contributed by atoms with Crippen LogP contribution in [0, 0.1) is 0 Å². The van der Waals surface area contributed by atoms with E-state index in [1.165, 1.54) is 27.5 Å². The molecule has 28 heavy (non-hydrogen) atoms. The van der Waals surface area contributed by atoms with Crippen LogP contribution in [0.4, 0.5) is 0 Å². The fourth-order valence-corrected chi connectivity index (χ4v) is 3.81. The van der Waals surface area contributed by atoms with Crippen molar-refractivity contribution in [3.05, 3.63) is 83.7 Å². The van der Waals surface area contributed by atoms with Crippen LogP contribution in [0.25, 0.3) is 21.8 Å². The quantitative estimate of drug-likeness (QED) is 0.407. The van der Waals surface area contributed by atoms with Crippen LogP contribution in [0.1, 0.15) is 51.3 Å². The molecular formula is C26H28N2. The molecule has 2 heterocycles. The summed E-state index contributed by atoms with van der Waals surface area (Å²) in [6.45, 7) is 11.3. The molecule has 2 nitrogen and oxygen atoms in total. The van der Waals surface area contributed by atoms with Gasteiger partial charge in [-0.05, 0) is 70.3 Å². The number of hydrogen-bond donors (Lipinski definition) is 0. The average molecular weight is 369 g/mol. The highest BCUT2D eigenvalue weighted by Gasteiger charge is 2.22. The van der Waals surface area contributed by atoms with E-state index in [-0.39, 0.29) is 10.8 Å². The Morgan fingerprint density at radius 1 is 0.714 bits per heavy atom. The fourth-order valence-electron chi connectivity index (χ4n) is 3.81. The van der Waals surface area contributed by atoms with E-state index in [1.807, 2.05) is 18.5 Å². The van der Waals surface area contributed by atoms with Crippen LogP contribution in [0.15, 0.2) is 67.0 Å². The molecule has 0 fully saturated rings. The Kier molecular flexibility index (Phi) is 4.45. The van der Waals surface area contributed by atoms with Gasteiger partial charge in [0.1, 0.15) is 0 Å². The lowest BCUT2D eigenvalue weighted by Crippen LogP contribution is -2.20. The summed E-state index contributed by atoms with van der Waals surface area (Å²) in [7, 11) is 0. The molecule has 0 spiro atoms. The van der Waals surface area contributed by atoms with Crippen LogP contribution in [0.2, 0.25) is 0 Å². The molecule has 0 saturated carbocycles. The van der Waals surface area contributed by atoms with Gasteiger partial charge < -0.3 is 0 Å². The Hall–Kier alpha value is -2.74. The molecule has 2 heteroatoms. The molecule has 4 aromatic rings. The highest BCUT2D eigenvalue weighted by Crippen LogP contribution is 2.31. The summed E-state index contributed by atoms with van der Waals surface area (Å²) < 4.78 is 0. The van der Waals surface area contributed by atoms with Gasteiger partial charge in [-0.15, -0.1) is 0 Å². The number of aromatic nitrogens is 2. The first-order chi connectivity index (χ1) is 13.2. The van der Waals surface area contributed by atoms with E-state index < -0.39 is 0 Å². The first-order valence-corrected chi connectivity index (χ1v) is 9.97. The SMILES string of the molecule is CC(C)(C)c1cnc2ccc(CC(C)(C)c3ccc4ncccc4c3)cc2c1. The van der Waals surface area contributed by atoms with Crippen molar-refractivity contribution in [2.75, 3.05) is 0 Å². The van der Waals surface area contributed by atoms with Crippen LogP contribution in [0.3, 0.4) is 0 Å². The first kappa shape index (κ1) is 18.6. The molecule has 2 aromatic carbocycles. The van der Waals surface area contributed by atoms with Crippen molar-refractivity contribution in [1.29, 1.82) is 0 Å². The van der Waals surface area contributed by atoms with E-state index in [0.717, 1.165) is 17.5 Å². The van der Waals surface area contributed by atoms with Gasteiger partial charge in [-0.3, -0.25) is 9.97 Å². The lowest BCUT2D eigenvalue weighted by molar-refractivity contribution is 0.523. The molecule has 0 radical (unpaired) electrons. The monoisotopic (exact) mass is 368 g/mol. The van der Waals surface area contributed by atoms with Gasteiger partial charge in [-0.2, -0.15) is 0 Å². The third kappa shape index (κ3) is 3.64. The van der Waals surface area contributed by atoms with Gasteiger partial charge in [0.25, 0.3) is 0 Å². The second-order valence-electron chi connectivity index (χ2n) is 9.47. The van der Waals surface area contributed by atoms with Crippen molar-refractivity contribution >= 4 is 21.8 Å². The molecule has 0 atom stereocenters. The molecule has 0 N–H and O–H groups in total. The standard InChI is InChI=1S/C26H28N2/c1-25(2,3)22-15-20-13-18(8-10-24(20)28-17-22)16-26(4,5)21-9-11-23-19(14-21)7-6-12-27-23/h6-15,17H,16H2,1-5H3. The zero-order valence-electron chi connectivity index (χ0n) is 17.5. The summed E-state index contributed by atoms with van der Waals surface area (Å²) in [5.41, 5.74) is 6.21. The molecule has 0 amide bonds. The minimum atomic E-state index is 0.0345. The van der Waals surface area contributed by atoms with E-state index in [9.17, 15) is 0 Å². The Labute approximate surface area is 167 Å². The largest absolute Gasteiger partial charge is 0.256 e. The molecule has 0 aliphatic rings. The zero-order chi connectivity index (χ0) is 19.9. The van der Waals surface area contributed by atoms with Crippen molar-refractivity contribution in [2.24, 2.45) is 0 Å². The van der Waals surface area contributed by atoms with Crippen LogP contribution >= 0.6 is 0 Å². The van der Waals surface area contributed by atoms with Crippen LogP contribution in [-0.4, -0.2) is 9.97 Å². The second-order valence-corrected chi connectivity index (χ2v) is 9.47. The maximum absolute atomic E-state index is 4.67. The molecule has 2 aromatic heterocycles. The number of nitrogens with zero attached hydrogens (tertiary/aromatic N) is 2. The minimum Gasteiger partial charge on any atom is -0.256 e. The van der Waals surface area contributed by atoms with E-state index in [2.05, 4.69) is 93.1 Å². The predicted octanol–water partition coefficient (Wildman–Crippen LogP) is 6.60. The molecule has 0 aliphatic heterocycles. The maximum atomic E-state index is 4.67. The number of pyridine rings is 2. The van der Waals surface area contributed by atoms with Gasteiger partial charge in [0.2, 0.25) is 0 Å². The van der Waals surface area contributed by atoms with Gasteiger partial charge >= 0.3 is 0 Å². The Balaban J connectivity index is 1.68. The third-order valence-electron chi connectivity index (χ3n) is 5.64. The third-order valence-corrected chi connectivity index (χ3v) is 5.64. The first-order valence-electron chi connectivity index (χ1n) is 9.97. The molecule has 0 unspecified atom stereocenters. The topological polar surface area (TPSA) is 25.8 Å². The molecule has 142 valence electrons. The van der Waals surface area contributed by atoms with Crippen molar-refractivity contribution in [3.63, 3.8) is 0 Å². The predicted molar refractivity (Wildman–Crippen MR) is 119 cm³/mol. The summed E-state index contributed by atoms with van der Waals surface area (Å²) in [4.78, 5) is 9.11. The van der Waals surface area contributed by atoms with Gasteiger partial charge in [-0.1, -0.05) is 52.8 Å². The van der Waals surface area contributed by atoms with Crippen LogP contribution in [0.5, 0.6) is 0 Å². The smallest absolute Gasteiger partial charge is 0.0702 e. The molecule has 0 bridgehead atoms. The van der Waals surface area contributed by atoms with Gasteiger partial charge in [0.05, 0.1) is 11.0 Å². The van der Waals surface area contributed by atoms with Crippen LogP contribution < -0.4 is 0 Å². The van der Waals surface area contributed by atoms with E-state index >= 15 is 0 Å². The normalized spacial score (nSPS) is 12.6. The Morgan fingerprint density at radius 3 is 2.21 bits per heavy atom. The maximum Gasteiger partial charge on any atom is 0.0702 e. The van der Waals surface area contributed by atoms with E-state index in [0.29, 0.717) is 0 Å². The fraction of sp³-hybridized carbons (Fsp3) is 0.308. The van der Waals surface area contributed by atoms with Gasteiger partial charge in [0, 0.05) is 23.2 Å². The Bertz CT molecular complexity index is 1150. The molecular weight excluding hydrogens is 340 g/mol. The highest BCUT2D eigenvalue weighted by atomic mass is 14.7. The van der Waals surface area contributed by atoms with Crippen molar-refractivity contribution in [1.82, 2.24) is 9.97 Å². The summed E-state index contributed by atoms with van der Waals surface area (Å²) in [6, 6.07) is 19.7. The summed E-state index contributed by atoms with van der Waals surface area (Å²) in [5.74, 6) is 0. The van der Waals surface area contributed by atoms with Crippen LogP contribution in [-0.2, 0) is 17.3 Å². The number of hydrogen-bond acceptors (Lipinski definition) is 2.